The van der Waals surface area contributed by atoms with E-state index in [2.05, 4.69) is 20.3 Å². The van der Waals surface area contributed by atoms with Crippen LogP contribution >= 0.6 is 0 Å². The highest BCUT2D eigenvalue weighted by molar-refractivity contribution is 5.95. The van der Waals surface area contributed by atoms with Gasteiger partial charge in [-0.1, -0.05) is 18.2 Å². The summed E-state index contributed by atoms with van der Waals surface area (Å²) in [6.07, 6.45) is 4.49. The number of nitrogens with zero attached hydrogens (tertiary/aromatic N) is 5. The van der Waals surface area contributed by atoms with Crippen molar-refractivity contribution in [2.24, 2.45) is 0 Å². The van der Waals surface area contributed by atoms with Crippen molar-refractivity contribution >= 4 is 34.0 Å². The Labute approximate surface area is 189 Å². The Hall–Kier alpha value is -4.60. The van der Waals surface area contributed by atoms with Crippen molar-refractivity contribution in [2.75, 3.05) is 19.4 Å². The van der Waals surface area contributed by atoms with Crippen LogP contribution in [-0.2, 0) is 6.61 Å². The molecule has 0 radical (unpaired) electrons. The molecule has 166 valence electrons. The number of hydrogen-bond donors (Lipinski definition) is 1. The lowest BCUT2D eigenvalue weighted by Gasteiger charge is -2.11. The third kappa shape index (κ3) is 4.85. The molecule has 4 aromatic rings. The van der Waals surface area contributed by atoms with E-state index in [1.165, 1.54) is 23.4 Å². The zero-order chi connectivity index (χ0) is 23.4. The number of rotatable bonds is 7. The highest BCUT2D eigenvalue weighted by atomic mass is 16.6. The van der Waals surface area contributed by atoms with Crippen molar-refractivity contribution < 1.29 is 14.5 Å². The molecule has 0 saturated heterocycles. The van der Waals surface area contributed by atoms with Gasteiger partial charge in [-0.05, 0) is 29.8 Å². The van der Waals surface area contributed by atoms with Crippen LogP contribution in [0.25, 0.3) is 10.8 Å². The molecule has 0 aliphatic rings. The Kier molecular flexibility index (Phi) is 6.07. The van der Waals surface area contributed by atoms with Gasteiger partial charge < -0.3 is 15.0 Å². The molecule has 1 N–H and O–H groups in total. The van der Waals surface area contributed by atoms with Crippen LogP contribution in [0.1, 0.15) is 16.1 Å². The normalized spacial score (nSPS) is 10.6. The molecular formula is C23H20N6O4. The molecule has 0 bridgehead atoms. The molecule has 2 aromatic carbocycles. The molecule has 0 saturated carbocycles. The lowest BCUT2D eigenvalue weighted by atomic mass is 10.1. The molecule has 1 amide bonds. The van der Waals surface area contributed by atoms with Gasteiger partial charge in [0.25, 0.3) is 11.6 Å². The van der Waals surface area contributed by atoms with Crippen LogP contribution in [0.15, 0.2) is 67.1 Å². The van der Waals surface area contributed by atoms with Gasteiger partial charge >= 0.3 is 0 Å². The Morgan fingerprint density at radius 3 is 2.52 bits per heavy atom. The van der Waals surface area contributed by atoms with Gasteiger partial charge in [-0.2, -0.15) is 0 Å². The quantitative estimate of drug-likeness (QED) is 0.336. The molecule has 0 fully saturated rings. The fourth-order valence-corrected chi connectivity index (χ4v) is 3.20. The summed E-state index contributed by atoms with van der Waals surface area (Å²) in [4.78, 5) is 36.9. The first kappa shape index (κ1) is 21.6. The maximum Gasteiger partial charge on any atom is 0.277 e. The summed E-state index contributed by atoms with van der Waals surface area (Å²) in [6, 6.07) is 13.7. The van der Waals surface area contributed by atoms with E-state index < -0.39 is 4.92 Å². The Morgan fingerprint density at radius 2 is 1.82 bits per heavy atom. The van der Waals surface area contributed by atoms with Crippen LogP contribution in [0.5, 0.6) is 5.75 Å². The number of carbonyl (C=O) groups excluding carboxylic acids is 1. The number of pyridine rings is 1. The number of nitrogens with one attached hydrogen (secondary N) is 1. The summed E-state index contributed by atoms with van der Waals surface area (Å²) in [7, 11) is 3.29. The van der Waals surface area contributed by atoms with E-state index in [1.54, 1.807) is 50.6 Å². The van der Waals surface area contributed by atoms with E-state index in [-0.39, 0.29) is 23.9 Å². The van der Waals surface area contributed by atoms with E-state index >= 15 is 0 Å². The molecule has 0 spiro atoms. The van der Waals surface area contributed by atoms with Gasteiger partial charge in [-0.15, -0.1) is 0 Å². The summed E-state index contributed by atoms with van der Waals surface area (Å²) in [6.45, 7) is 0.237. The first-order valence-electron chi connectivity index (χ1n) is 9.97. The largest absolute Gasteiger partial charge is 0.488 e. The van der Waals surface area contributed by atoms with E-state index in [0.717, 1.165) is 5.56 Å². The zero-order valence-corrected chi connectivity index (χ0v) is 17.9. The third-order valence-corrected chi connectivity index (χ3v) is 4.81. The van der Waals surface area contributed by atoms with Gasteiger partial charge in [0.2, 0.25) is 0 Å². The van der Waals surface area contributed by atoms with Crippen molar-refractivity contribution in [2.45, 2.75) is 6.61 Å². The average molecular weight is 444 g/mol. The number of nitro groups is 1. The number of amides is 1. The minimum atomic E-state index is -0.404. The second kappa shape index (κ2) is 9.27. The Morgan fingerprint density at radius 1 is 1.03 bits per heavy atom. The summed E-state index contributed by atoms with van der Waals surface area (Å²) >= 11 is 0. The first-order valence-corrected chi connectivity index (χ1v) is 9.97. The summed E-state index contributed by atoms with van der Waals surface area (Å²) in [5, 5.41) is 15.5. The summed E-state index contributed by atoms with van der Waals surface area (Å²) in [5.41, 5.74) is 1.12. The van der Waals surface area contributed by atoms with Gasteiger partial charge in [0.15, 0.2) is 0 Å². The van der Waals surface area contributed by atoms with Crippen LogP contribution in [0, 0.1) is 10.1 Å². The standard InChI is InChI=1S/C23H20N6O4/c1-28(2)23(30)18-12-26-22(13-25-18)27-21-11-15(9-10-24-21)14-33-20-8-7-19(29(31)32)16-5-3-4-6-17(16)20/h3-13H,14H2,1-2H3,(H,24,26,27). The highest BCUT2D eigenvalue weighted by Gasteiger charge is 2.15. The van der Waals surface area contributed by atoms with Gasteiger partial charge in [0.1, 0.15) is 29.7 Å². The van der Waals surface area contributed by atoms with E-state index in [1.807, 2.05) is 12.1 Å². The average Bonchev–Trinajstić information content (AvgIpc) is 2.82. The second-order valence-corrected chi connectivity index (χ2v) is 7.33. The van der Waals surface area contributed by atoms with Crippen molar-refractivity contribution in [1.29, 1.82) is 0 Å². The number of anilines is 2. The van der Waals surface area contributed by atoms with Gasteiger partial charge in [-0.25, -0.2) is 15.0 Å². The lowest BCUT2D eigenvalue weighted by Crippen LogP contribution is -2.22. The van der Waals surface area contributed by atoms with Crippen molar-refractivity contribution in [3.8, 4) is 5.75 Å². The maximum absolute atomic E-state index is 11.9. The second-order valence-electron chi connectivity index (χ2n) is 7.33. The smallest absolute Gasteiger partial charge is 0.277 e. The molecular weight excluding hydrogens is 424 g/mol. The molecule has 2 aromatic heterocycles. The molecule has 0 aliphatic carbocycles. The van der Waals surface area contributed by atoms with E-state index in [9.17, 15) is 14.9 Å². The predicted octanol–water partition coefficient (Wildman–Crippen LogP) is 3.96. The topological polar surface area (TPSA) is 123 Å². The number of benzene rings is 2. The van der Waals surface area contributed by atoms with Crippen LogP contribution in [0.2, 0.25) is 0 Å². The third-order valence-electron chi connectivity index (χ3n) is 4.81. The molecule has 2 heterocycles. The van der Waals surface area contributed by atoms with Gasteiger partial charge in [0.05, 0.1) is 22.7 Å². The van der Waals surface area contributed by atoms with Crippen LogP contribution in [0.4, 0.5) is 17.3 Å². The maximum atomic E-state index is 11.9. The van der Waals surface area contributed by atoms with E-state index in [4.69, 9.17) is 4.74 Å². The summed E-state index contributed by atoms with van der Waals surface area (Å²) < 4.78 is 5.96. The molecule has 10 heteroatoms. The van der Waals surface area contributed by atoms with Crippen molar-refractivity contribution in [3.05, 3.63) is 88.5 Å². The number of carbonyl (C=O) groups is 1. The minimum Gasteiger partial charge on any atom is -0.488 e. The first-order chi connectivity index (χ1) is 15.9. The number of nitro benzene ring substituents is 1. The molecule has 0 unspecified atom stereocenters. The highest BCUT2D eigenvalue weighted by Crippen LogP contribution is 2.33. The number of aromatic nitrogens is 3. The van der Waals surface area contributed by atoms with Crippen LogP contribution in [0.3, 0.4) is 0 Å². The van der Waals surface area contributed by atoms with Crippen LogP contribution in [-0.4, -0.2) is 44.8 Å². The monoisotopic (exact) mass is 444 g/mol. The molecule has 0 atom stereocenters. The Balaban J connectivity index is 1.48. The number of hydrogen-bond acceptors (Lipinski definition) is 8. The van der Waals surface area contributed by atoms with Crippen molar-refractivity contribution in [1.82, 2.24) is 19.9 Å². The fraction of sp³-hybridized carbons (Fsp3) is 0.130. The predicted molar refractivity (Wildman–Crippen MR) is 123 cm³/mol. The number of ether oxygens (including phenoxy) is 1. The Bertz CT molecular complexity index is 1320. The lowest BCUT2D eigenvalue weighted by molar-refractivity contribution is -0.383. The number of fused-ring (bicyclic) bond motifs is 1. The zero-order valence-electron chi connectivity index (χ0n) is 17.9. The van der Waals surface area contributed by atoms with Gasteiger partial charge in [-0.3, -0.25) is 14.9 Å². The van der Waals surface area contributed by atoms with Crippen molar-refractivity contribution in [3.63, 3.8) is 0 Å². The van der Waals surface area contributed by atoms with Crippen LogP contribution < -0.4 is 10.1 Å². The fourth-order valence-electron chi connectivity index (χ4n) is 3.20. The molecule has 4 rings (SSSR count). The number of non-ortho nitro benzene ring substituents is 1. The summed E-state index contributed by atoms with van der Waals surface area (Å²) in [5.74, 6) is 1.29. The molecule has 10 nitrogen and oxygen atoms in total. The molecule has 33 heavy (non-hydrogen) atoms. The SMILES string of the molecule is CN(C)C(=O)c1cnc(Nc2cc(COc3ccc([N+](=O)[O-])c4ccccc34)ccn2)cn1. The minimum absolute atomic E-state index is 0.0350. The van der Waals surface area contributed by atoms with Gasteiger partial charge in [0, 0.05) is 31.7 Å². The van der Waals surface area contributed by atoms with E-state index in [0.29, 0.717) is 28.2 Å². The molecule has 0 aliphatic heterocycles.